The second-order valence-corrected chi connectivity index (χ2v) is 5.44. The molecule has 6 nitrogen and oxygen atoms in total. The standard InChI is InChI=1S/C17H15ClFN3O3/c1-3-24-17(23)22(10-4-5-13(19)12(18)8-10)15-11-6-7-21-9-14(11)25-16(15)20-2/h4-9,20H,3H2,1-2H3. The number of furan rings is 1. The van der Waals surface area contributed by atoms with Gasteiger partial charge in [-0.1, -0.05) is 11.6 Å². The maximum absolute atomic E-state index is 13.5. The van der Waals surface area contributed by atoms with Crippen molar-refractivity contribution in [3.8, 4) is 0 Å². The molecule has 1 amide bonds. The summed E-state index contributed by atoms with van der Waals surface area (Å²) in [7, 11) is 1.66. The number of carbonyl (C=O) groups excluding carboxylic acids is 1. The number of carbonyl (C=O) groups is 1. The van der Waals surface area contributed by atoms with E-state index >= 15 is 0 Å². The van der Waals surface area contributed by atoms with Gasteiger partial charge in [0.25, 0.3) is 0 Å². The van der Waals surface area contributed by atoms with Crippen LogP contribution >= 0.6 is 11.6 Å². The van der Waals surface area contributed by atoms with Gasteiger partial charge in [0.1, 0.15) is 11.5 Å². The van der Waals surface area contributed by atoms with Gasteiger partial charge < -0.3 is 14.5 Å². The predicted molar refractivity (Wildman–Crippen MR) is 94.1 cm³/mol. The Labute approximate surface area is 148 Å². The van der Waals surface area contributed by atoms with Crippen LogP contribution in [0.2, 0.25) is 5.02 Å². The first-order valence-corrected chi connectivity index (χ1v) is 7.90. The molecule has 2 aromatic heterocycles. The fourth-order valence-electron chi connectivity index (χ4n) is 2.47. The second-order valence-electron chi connectivity index (χ2n) is 5.03. The number of halogens is 2. The van der Waals surface area contributed by atoms with Crippen LogP contribution < -0.4 is 10.2 Å². The number of hydrogen-bond acceptors (Lipinski definition) is 5. The Morgan fingerprint density at radius 1 is 1.44 bits per heavy atom. The molecule has 130 valence electrons. The third-order valence-electron chi connectivity index (χ3n) is 3.53. The summed E-state index contributed by atoms with van der Waals surface area (Å²) < 4.78 is 24.4. The molecule has 0 aliphatic rings. The Balaban J connectivity index is 2.25. The summed E-state index contributed by atoms with van der Waals surface area (Å²) in [5.41, 5.74) is 1.27. The van der Waals surface area contributed by atoms with Gasteiger partial charge in [0.2, 0.25) is 5.88 Å². The number of benzene rings is 1. The van der Waals surface area contributed by atoms with Crippen molar-refractivity contribution in [2.75, 3.05) is 23.9 Å². The molecule has 1 N–H and O–H groups in total. The highest BCUT2D eigenvalue weighted by Crippen LogP contribution is 2.42. The highest BCUT2D eigenvalue weighted by atomic mass is 35.5. The van der Waals surface area contributed by atoms with Gasteiger partial charge in [0, 0.05) is 13.2 Å². The molecule has 3 rings (SSSR count). The predicted octanol–water partition coefficient (Wildman–Crippen LogP) is 4.96. The van der Waals surface area contributed by atoms with E-state index in [2.05, 4.69) is 10.3 Å². The van der Waals surface area contributed by atoms with Crippen LogP contribution in [0.5, 0.6) is 0 Å². The first-order chi connectivity index (χ1) is 12.1. The van der Waals surface area contributed by atoms with Gasteiger partial charge >= 0.3 is 6.09 Å². The summed E-state index contributed by atoms with van der Waals surface area (Å²) in [6.45, 7) is 1.88. The molecule has 0 saturated carbocycles. The molecular weight excluding hydrogens is 349 g/mol. The quantitative estimate of drug-likeness (QED) is 0.709. The van der Waals surface area contributed by atoms with Crippen LogP contribution in [0.15, 0.2) is 41.1 Å². The van der Waals surface area contributed by atoms with Crippen molar-refractivity contribution in [1.29, 1.82) is 0 Å². The van der Waals surface area contributed by atoms with Crippen molar-refractivity contribution in [2.45, 2.75) is 6.92 Å². The number of hydrogen-bond donors (Lipinski definition) is 1. The van der Waals surface area contributed by atoms with Crippen LogP contribution in [0.4, 0.5) is 26.4 Å². The number of ether oxygens (including phenoxy) is 1. The Morgan fingerprint density at radius 2 is 2.24 bits per heavy atom. The Kier molecular flexibility index (Phi) is 4.76. The van der Waals surface area contributed by atoms with Gasteiger partial charge in [0.05, 0.1) is 28.9 Å². The van der Waals surface area contributed by atoms with E-state index in [4.69, 9.17) is 20.8 Å². The topological polar surface area (TPSA) is 67.6 Å². The number of anilines is 3. The van der Waals surface area contributed by atoms with Gasteiger partial charge in [-0.2, -0.15) is 0 Å². The SMILES string of the molecule is CCOC(=O)N(c1ccc(F)c(Cl)c1)c1c(NC)oc2cnccc12. The van der Waals surface area contributed by atoms with Crippen LogP contribution in [0.25, 0.3) is 11.0 Å². The minimum Gasteiger partial charge on any atom is -0.449 e. The normalized spacial score (nSPS) is 10.7. The molecular formula is C17H15ClFN3O3. The number of aromatic nitrogens is 1. The fraction of sp³-hybridized carbons (Fsp3) is 0.176. The zero-order chi connectivity index (χ0) is 18.0. The van der Waals surface area contributed by atoms with Gasteiger partial charge in [-0.15, -0.1) is 0 Å². The van der Waals surface area contributed by atoms with Gasteiger partial charge in [-0.05, 0) is 31.2 Å². The van der Waals surface area contributed by atoms with E-state index in [1.54, 1.807) is 32.4 Å². The molecule has 1 aromatic carbocycles. The summed E-state index contributed by atoms with van der Waals surface area (Å²) >= 11 is 5.89. The van der Waals surface area contributed by atoms with Crippen molar-refractivity contribution in [3.63, 3.8) is 0 Å². The van der Waals surface area contributed by atoms with E-state index in [0.717, 1.165) is 0 Å². The number of fused-ring (bicyclic) bond motifs is 1. The van der Waals surface area contributed by atoms with Crippen LogP contribution in [-0.2, 0) is 4.74 Å². The monoisotopic (exact) mass is 363 g/mol. The molecule has 0 saturated heterocycles. The molecule has 0 radical (unpaired) electrons. The van der Waals surface area contributed by atoms with Crippen LogP contribution in [-0.4, -0.2) is 24.7 Å². The van der Waals surface area contributed by atoms with E-state index < -0.39 is 11.9 Å². The molecule has 0 unspecified atom stereocenters. The minimum atomic E-state index is -0.638. The highest BCUT2D eigenvalue weighted by molar-refractivity contribution is 6.31. The van der Waals surface area contributed by atoms with E-state index in [-0.39, 0.29) is 11.6 Å². The molecule has 8 heteroatoms. The minimum absolute atomic E-state index is 0.104. The van der Waals surface area contributed by atoms with Gasteiger partial charge in [-0.3, -0.25) is 4.98 Å². The lowest BCUT2D eigenvalue weighted by Crippen LogP contribution is -2.27. The average molecular weight is 364 g/mol. The van der Waals surface area contributed by atoms with E-state index in [1.807, 2.05) is 0 Å². The summed E-state index contributed by atoms with van der Waals surface area (Å²) in [4.78, 5) is 17.9. The summed E-state index contributed by atoms with van der Waals surface area (Å²) in [6, 6.07) is 5.70. The number of nitrogens with one attached hydrogen (secondary N) is 1. The number of amides is 1. The molecule has 0 aliphatic carbocycles. The third-order valence-corrected chi connectivity index (χ3v) is 3.82. The lowest BCUT2D eigenvalue weighted by atomic mass is 10.2. The first-order valence-electron chi connectivity index (χ1n) is 7.53. The first kappa shape index (κ1) is 17.0. The van der Waals surface area contributed by atoms with Crippen LogP contribution in [0.3, 0.4) is 0 Å². The van der Waals surface area contributed by atoms with Crippen molar-refractivity contribution in [3.05, 3.63) is 47.5 Å². The smallest absolute Gasteiger partial charge is 0.419 e. The molecule has 0 bridgehead atoms. The summed E-state index contributed by atoms with van der Waals surface area (Å²) in [6.07, 6.45) is 2.49. The zero-order valence-corrected chi connectivity index (χ0v) is 14.3. The maximum Gasteiger partial charge on any atom is 0.419 e. The van der Waals surface area contributed by atoms with E-state index in [9.17, 15) is 9.18 Å². The van der Waals surface area contributed by atoms with Crippen molar-refractivity contribution < 1.29 is 18.3 Å². The van der Waals surface area contributed by atoms with Crippen molar-refractivity contribution in [2.24, 2.45) is 0 Å². The molecule has 0 spiro atoms. The van der Waals surface area contributed by atoms with Crippen LogP contribution in [0, 0.1) is 5.82 Å². The lowest BCUT2D eigenvalue weighted by Gasteiger charge is -2.22. The largest absolute Gasteiger partial charge is 0.449 e. The molecule has 2 heterocycles. The molecule has 0 fully saturated rings. The van der Waals surface area contributed by atoms with E-state index in [1.165, 1.54) is 23.1 Å². The molecule has 0 aliphatic heterocycles. The van der Waals surface area contributed by atoms with Crippen molar-refractivity contribution in [1.82, 2.24) is 4.98 Å². The third kappa shape index (κ3) is 3.10. The Hall–Kier alpha value is -2.80. The fourth-order valence-corrected chi connectivity index (χ4v) is 2.64. The average Bonchev–Trinajstić information content (AvgIpc) is 2.97. The second kappa shape index (κ2) is 6.98. The van der Waals surface area contributed by atoms with Gasteiger partial charge in [0.15, 0.2) is 5.58 Å². The lowest BCUT2D eigenvalue weighted by molar-refractivity contribution is 0.162. The Bertz CT molecular complexity index is 929. The molecule has 0 atom stereocenters. The number of nitrogens with zero attached hydrogens (tertiary/aromatic N) is 2. The summed E-state index contributed by atoms with van der Waals surface area (Å²) in [5.74, 6) is -0.235. The Morgan fingerprint density at radius 3 is 2.92 bits per heavy atom. The molecule has 3 aromatic rings. The number of rotatable bonds is 4. The molecule has 25 heavy (non-hydrogen) atoms. The van der Waals surface area contributed by atoms with Crippen molar-refractivity contribution >= 4 is 45.9 Å². The van der Waals surface area contributed by atoms with Gasteiger partial charge in [-0.25, -0.2) is 14.1 Å². The highest BCUT2D eigenvalue weighted by Gasteiger charge is 2.28. The van der Waals surface area contributed by atoms with E-state index in [0.29, 0.717) is 28.2 Å². The zero-order valence-electron chi connectivity index (χ0n) is 13.5. The maximum atomic E-state index is 13.5. The number of pyridine rings is 1. The summed E-state index contributed by atoms with van der Waals surface area (Å²) in [5, 5.41) is 3.45. The van der Waals surface area contributed by atoms with Crippen LogP contribution in [0.1, 0.15) is 6.92 Å².